The molecule has 0 aliphatic heterocycles. The Bertz CT molecular complexity index is 674. The van der Waals surface area contributed by atoms with Crippen LogP contribution in [-0.2, 0) is 24.0 Å². The van der Waals surface area contributed by atoms with Gasteiger partial charge in [0.15, 0.2) is 6.04 Å². The molecule has 0 aliphatic carbocycles. The highest BCUT2D eigenvalue weighted by Crippen LogP contribution is 2.07. The number of carboxylic acid groups (broad SMARTS) is 1. The second-order valence-corrected chi connectivity index (χ2v) is 8.74. The van der Waals surface area contributed by atoms with Gasteiger partial charge in [-0.05, 0) is 37.7 Å². The van der Waals surface area contributed by atoms with Crippen molar-refractivity contribution < 1.29 is 34.2 Å². The fourth-order valence-corrected chi connectivity index (χ4v) is 3.12. The zero-order chi connectivity index (χ0) is 25.0. The van der Waals surface area contributed by atoms with Gasteiger partial charge in [0, 0.05) is 6.42 Å². The minimum Gasteiger partial charge on any atom is -0.480 e. The number of primary amides is 1. The molecule has 9 N–H and O–H groups in total. The van der Waals surface area contributed by atoms with E-state index in [-0.39, 0.29) is 18.8 Å². The van der Waals surface area contributed by atoms with E-state index in [1.54, 1.807) is 13.8 Å². The predicted octanol–water partition coefficient (Wildman–Crippen LogP) is -2.09. The summed E-state index contributed by atoms with van der Waals surface area (Å²) in [4.78, 5) is 60.2. The van der Waals surface area contributed by atoms with Crippen molar-refractivity contribution in [2.75, 3.05) is 12.0 Å². The molecular weight excluding hydrogens is 442 g/mol. The third kappa shape index (κ3) is 10.8. The number of aliphatic carboxylic acids is 1. The van der Waals surface area contributed by atoms with E-state index in [1.165, 1.54) is 18.7 Å². The van der Waals surface area contributed by atoms with Crippen LogP contribution in [0.5, 0.6) is 0 Å². The van der Waals surface area contributed by atoms with Crippen LogP contribution in [0.15, 0.2) is 0 Å². The second kappa shape index (κ2) is 14.6. The number of aliphatic hydroxyl groups excluding tert-OH is 1. The van der Waals surface area contributed by atoms with Gasteiger partial charge in [-0.2, -0.15) is 11.8 Å². The molecule has 0 heterocycles. The lowest BCUT2D eigenvalue weighted by Crippen LogP contribution is -2.59. The van der Waals surface area contributed by atoms with Gasteiger partial charge in [0.2, 0.25) is 23.6 Å². The molecule has 12 nitrogen and oxygen atoms in total. The van der Waals surface area contributed by atoms with Crippen LogP contribution in [0.3, 0.4) is 0 Å². The molecule has 184 valence electrons. The van der Waals surface area contributed by atoms with Gasteiger partial charge in [-0.25, -0.2) is 4.79 Å². The van der Waals surface area contributed by atoms with Gasteiger partial charge in [-0.3, -0.25) is 19.2 Å². The van der Waals surface area contributed by atoms with Crippen molar-refractivity contribution in [1.29, 1.82) is 0 Å². The molecule has 0 rings (SSSR count). The maximum atomic E-state index is 12.8. The van der Waals surface area contributed by atoms with E-state index in [4.69, 9.17) is 16.6 Å². The molecular formula is C19H35N5O7S. The second-order valence-electron chi connectivity index (χ2n) is 7.75. The van der Waals surface area contributed by atoms with Gasteiger partial charge in [-0.15, -0.1) is 0 Å². The Morgan fingerprint density at radius 3 is 1.91 bits per heavy atom. The normalized spacial score (nSPS) is 15.7. The van der Waals surface area contributed by atoms with Gasteiger partial charge in [-0.1, -0.05) is 13.8 Å². The Morgan fingerprint density at radius 2 is 1.47 bits per heavy atom. The number of carbonyl (C=O) groups excluding carboxylic acids is 4. The van der Waals surface area contributed by atoms with Crippen molar-refractivity contribution in [2.24, 2.45) is 17.4 Å². The van der Waals surface area contributed by atoms with E-state index in [1.807, 2.05) is 6.26 Å². The zero-order valence-corrected chi connectivity index (χ0v) is 19.6. The highest BCUT2D eigenvalue weighted by molar-refractivity contribution is 7.98. The fraction of sp³-hybridized carbons (Fsp3) is 0.737. The average Bonchev–Trinajstić information content (AvgIpc) is 2.69. The maximum Gasteiger partial charge on any atom is 0.328 e. The third-order valence-electron chi connectivity index (χ3n) is 4.58. The van der Waals surface area contributed by atoms with Crippen LogP contribution in [0.4, 0.5) is 0 Å². The van der Waals surface area contributed by atoms with E-state index in [0.717, 1.165) is 0 Å². The minimum absolute atomic E-state index is 0.203. The lowest BCUT2D eigenvalue weighted by molar-refractivity contribution is -0.145. The standard InChI is InChI=1S/C19H35N5O7S/c1-9(2)14(23-16(27)11(20)7-8-32-4)18(29)22-12(5-6-13(21)26)17(28)24-15(10(3)25)19(30)31/h9-12,14-15,25H,5-8,20H2,1-4H3,(H2,21,26)(H,22,29)(H,23,27)(H,24,28)(H,30,31). The van der Waals surface area contributed by atoms with Gasteiger partial charge in [0.05, 0.1) is 12.1 Å². The Balaban J connectivity index is 5.44. The van der Waals surface area contributed by atoms with Crippen LogP contribution in [0.25, 0.3) is 0 Å². The monoisotopic (exact) mass is 477 g/mol. The number of carbonyl (C=O) groups is 5. The van der Waals surface area contributed by atoms with Crippen molar-refractivity contribution >= 4 is 41.4 Å². The molecule has 5 atom stereocenters. The molecule has 0 aromatic rings. The quantitative estimate of drug-likeness (QED) is 0.137. The smallest absolute Gasteiger partial charge is 0.328 e. The molecule has 0 radical (unpaired) electrons. The Hall–Kier alpha value is -2.38. The van der Waals surface area contributed by atoms with Crippen LogP contribution < -0.4 is 27.4 Å². The fourth-order valence-electron chi connectivity index (χ4n) is 2.63. The lowest BCUT2D eigenvalue weighted by atomic mass is 10.0. The summed E-state index contributed by atoms with van der Waals surface area (Å²) in [5.74, 6) is -4.05. The molecule has 0 fully saturated rings. The van der Waals surface area contributed by atoms with Crippen LogP contribution in [0, 0.1) is 5.92 Å². The van der Waals surface area contributed by atoms with Gasteiger partial charge in [0.25, 0.3) is 0 Å². The number of nitrogens with one attached hydrogen (secondary N) is 3. The highest BCUT2D eigenvalue weighted by Gasteiger charge is 2.32. The number of amides is 4. The number of hydrogen-bond acceptors (Lipinski definition) is 8. The first-order chi connectivity index (χ1) is 14.8. The Kier molecular flexibility index (Phi) is 13.5. The summed E-state index contributed by atoms with van der Waals surface area (Å²) in [6.45, 7) is 4.55. The summed E-state index contributed by atoms with van der Waals surface area (Å²) >= 11 is 1.53. The number of nitrogens with two attached hydrogens (primary N) is 2. The van der Waals surface area contributed by atoms with E-state index in [2.05, 4.69) is 16.0 Å². The lowest BCUT2D eigenvalue weighted by Gasteiger charge is -2.27. The first kappa shape index (κ1) is 29.6. The molecule has 0 aliphatic rings. The number of aliphatic hydroxyl groups is 1. The summed E-state index contributed by atoms with van der Waals surface area (Å²) in [6.07, 6.45) is 0.417. The molecule has 4 amide bonds. The minimum atomic E-state index is -1.62. The van der Waals surface area contributed by atoms with Gasteiger partial charge >= 0.3 is 5.97 Å². The average molecular weight is 478 g/mol. The highest BCUT2D eigenvalue weighted by atomic mass is 32.2. The Morgan fingerprint density at radius 1 is 0.906 bits per heavy atom. The summed E-state index contributed by atoms with van der Waals surface area (Å²) in [6, 6.07) is -4.78. The van der Waals surface area contributed by atoms with Crippen molar-refractivity contribution in [3.8, 4) is 0 Å². The molecule has 5 unspecified atom stereocenters. The summed E-state index contributed by atoms with van der Waals surface area (Å²) in [7, 11) is 0. The number of carboxylic acids is 1. The van der Waals surface area contributed by atoms with Crippen LogP contribution in [0.2, 0.25) is 0 Å². The topological polar surface area (TPSA) is 214 Å². The molecule has 32 heavy (non-hydrogen) atoms. The van der Waals surface area contributed by atoms with Crippen molar-refractivity contribution in [3.05, 3.63) is 0 Å². The molecule has 0 aromatic heterocycles. The molecule has 0 aromatic carbocycles. The predicted molar refractivity (Wildman–Crippen MR) is 119 cm³/mol. The summed E-state index contributed by atoms with van der Waals surface area (Å²) < 4.78 is 0. The largest absolute Gasteiger partial charge is 0.480 e. The van der Waals surface area contributed by atoms with Gasteiger partial charge in [0.1, 0.15) is 12.1 Å². The third-order valence-corrected chi connectivity index (χ3v) is 5.22. The SMILES string of the molecule is CSCCC(N)C(=O)NC(C(=O)NC(CCC(N)=O)C(=O)NC(C(=O)O)C(C)O)C(C)C. The van der Waals surface area contributed by atoms with Crippen LogP contribution in [-0.4, -0.2) is 82.1 Å². The van der Waals surface area contributed by atoms with E-state index in [0.29, 0.717) is 12.2 Å². The summed E-state index contributed by atoms with van der Waals surface area (Å²) in [5.41, 5.74) is 11.0. The Labute approximate surface area is 191 Å². The van der Waals surface area contributed by atoms with Crippen molar-refractivity contribution in [2.45, 2.75) is 70.3 Å². The molecule has 0 saturated carbocycles. The first-order valence-electron chi connectivity index (χ1n) is 10.2. The molecule has 13 heteroatoms. The first-order valence-corrected chi connectivity index (χ1v) is 11.6. The van der Waals surface area contributed by atoms with Crippen molar-refractivity contribution in [1.82, 2.24) is 16.0 Å². The van der Waals surface area contributed by atoms with Crippen molar-refractivity contribution in [3.63, 3.8) is 0 Å². The number of rotatable bonds is 15. The maximum absolute atomic E-state index is 12.8. The van der Waals surface area contributed by atoms with E-state index < -0.39 is 59.9 Å². The molecule has 0 bridgehead atoms. The molecule has 0 saturated heterocycles. The number of thioether (sulfide) groups is 1. The van der Waals surface area contributed by atoms with Gasteiger partial charge < -0.3 is 37.6 Å². The van der Waals surface area contributed by atoms with Crippen LogP contribution in [0.1, 0.15) is 40.0 Å². The molecule has 0 spiro atoms. The van der Waals surface area contributed by atoms with E-state index in [9.17, 15) is 29.1 Å². The van der Waals surface area contributed by atoms with E-state index >= 15 is 0 Å². The summed E-state index contributed by atoms with van der Waals surface area (Å²) in [5, 5.41) is 25.9. The number of hydrogen-bond donors (Lipinski definition) is 7. The zero-order valence-electron chi connectivity index (χ0n) is 18.8. The van der Waals surface area contributed by atoms with Crippen LogP contribution >= 0.6 is 11.8 Å².